The molecule has 7 heteroatoms. The Kier molecular flexibility index (Phi) is 4.61. The zero-order chi connectivity index (χ0) is 18.3. The fourth-order valence-electron chi connectivity index (χ4n) is 2.99. The lowest BCUT2D eigenvalue weighted by Gasteiger charge is -2.25. The van der Waals surface area contributed by atoms with Crippen molar-refractivity contribution in [2.75, 3.05) is 6.54 Å². The van der Waals surface area contributed by atoms with E-state index >= 15 is 0 Å². The highest BCUT2D eigenvalue weighted by molar-refractivity contribution is 7.89. The van der Waals surface area contributed by atoms with Crippen LogP contribution in [0.3, 0.4) is 0 Å². The van der Waals surface area contributed by atoms with Crippen LogP contribution in [0.2, 0.25) is 5.02 Å². The van der Waals surface area contributed by atoms with E-state index in [-0.39, 0.29) is 9.92 Å². The molecular weight excluding hydrogens is 388 g/mol. The minimum atomic E-state index is -3.62. The first kappa shape index (κ1) is 17.7. The fourth-order valence-corrected chi connectivity index (χ4v) is 6.10. The van der Waals surface area contributed by atoms with Crippen molar-refractivity contribution in [1.29, 1.82) is 0 Å². The highest BCUT2D eigenvalue weighted by Crippen LogP contribution is 2.34. The summed E-state index contributed by atoms with van der Waals surface area (Å²) in [6, 6.07) is 14.8. The van der Waals surface area contributed by atoms with Gasteiger partial charge in [-0.15, -0.1) is 11.3 Å². The van der Waals surface area contributed by atoms with Gasteiger partial charge in [0.25, 0.3) is 0 Å². The number of thiazole rings is 1. The lowest BCUT2D eigenvalue weighted by atomic mass is 10.1. The monoisotopic (exact) mass is 404 g/mol. The third kappa shape index (κ3) is 3.18. The highest BCUT2D eigenvalue weighted by atomic mass is 35.5. The van der Waals surface area contributed by atoms with Crippen molar-refractivity contribution in [3.8, 4) is 10.6 Å². The Morgan fingerprint density at radius 2 is 1.85 bits per heavy atom. The van der Waals surface area contributed by atoms with Crippen LogP contribution < -0.4 is 0 Å². The Balaban J connectivity index is 1.64. The summed E-state index contributed by atoms with van der Waals surface area (Å²) in [6.45, 7) is 2.80. The highest BCUT2D eigenvalue weighted by Gasteiger charge is 2.31. The fraction of sp³-hybridized carbons (Fsp3) is 0.211. The Hall–Kier alpha value is -1.73. The van der Waals surface area contributed by atoms with Crippen LogP contribution in [-0.4, -0.2) is 24.3 Å². The van der Waals surface area contributed by atoms with Crippen LogP contribution in [0.15, 0.2) is 53.4 Å². The molecular formula is C19H17ClN2O2S2. The lowest BCUT2D eigenvalue weighted by Crippen LogP contribution is -2.35. The van der Waals surface area contributed by atoms with Crippen LogP contribution in [0, 0.1) is 6.92 Å². The number of benzene rings is 2. The first-order chi connectivity index (χ1) is 12.4. The second-order valence-electron chi connectivity index (χ2n) is 6.27. The SMILES string of the molecule is Cc1ccc(-c2nc3c(s2)CN(S(=O)(=O)c2ccccc2Cl)CC3)cc1. The molecule has 2 aromatic carbocycles. The Morgan fingerprint density at radius 3 is 2.58 bits per heavy atom. The third-order valence-corrected chi connectivity index (χ3v) is 7.93. The molecule has 2 heterocycles. The third-order valence-electron chi connectivity index (χ3n) is 4.45. The molecule has 3 aromatic rings. The van der Waals surface area contributed by atoms with Gasteiger partial charge in [-0.25, -0.2) is 13.4 Å². The smallest absolute Gasteiger partial charge is 0.241 e. The predicted molar refractivity (Wildman–Crippen MR) is 105 cm³/mol. The van der Waals surface area contributed by atoms with Crippen molar-refractivity contribution in [1.82, 2.24) is 9.29 Å². The van der Waals surface area contributed by atoms with Crippen molar-refractivity contribution in [2.24, 2.45) is 0 Å². The van der Waals surface area contributed by atoms with E-state index in [9.17, 15) is 8.42 Å². The number of sulfonamides is 1. The molecule has 0 amide bonds. The molecule has 26 heavy (non-hydrogen) atoms. The topological polar surface area (TPSA) is 50.3 Å². The Morgan fingerprint density at radius 1 is 1.12 bits per heavy atom. The average Bonchev–Trinajstić information content (AvgIpc) is 3.05. The number of aromatic nitrogens is 1. The first-order valence-corrected chi connectivity index (χ1v) is 10.9. The maximum absolute atomic E-state index is 13.0. The molecule has 0 unspecified atom stereocenters. The molecule has 1 aromatic heterocycles. The van der Waals surface area contributed by atoms with Crippen LogP contribution in [0.4, 0.5) is 0 Å². The average molecular weight is 405 g/mol. The van der Waals surface area contributed by atoms with Crippen molar-refractivity contribution >= 4 is 33.0 Å². The molecule has 0 radical (unpaired) electrons. The summed E-state index contributed by atoms with van der Waals surface area (Å²) in [5.74, 6) is 0. The number of halogens is 1. The molecule has 0 bridgehead atoms. The van der Waals surface area contributed by atoms with Gasteiger partial charge in [0.2, 0.25) is 10.0 Å². The maximum Gasteiger partial charge on any atom is 0.244 e. The zero-order valence-electron chi connectivity index (χ0n) is 14.1. The van der Waals surface area contributed by atoms with Gasteiger partial charge in [0.15, 0.2) is 0 Å². The number of hydrogen-bond acceptors (Lipinski definition) is 4. The minimum Gasteiger partial charge on any atom is -0.241 e. The van der Waals surface area contributed by atoms with Gasteiger partial charge < -0.3 is 0 Å². The van der Waals surface area contributed by atoms with Crippen LogP contribution in [-0.2, 0) is 23.0 Å². The van der Waals surface area contributed by atoms with Gasteiger partial charge in [0.1, 0.15) is 9.90 Å². The molecule has 134 valence electrons. The zero-order valence-corrected chi connectivity index (χ0v) is 16.5. The van der Waals surface area contributed by atoms with Crippen LogP contribution >= 0.6 is 22.9 Å². The van der Waals surface area contributed by atoms with E-state index in [1.807, 2.05) is 6.92 Å². The molecule has 4 rings (SSSR count). The second kappa shape index (κ2) is 6.78. The van der Waals surface area contributed by atoms with Gasteiger partial charge in [0, 0.05) is 23.4 Å². The van der Waals surface area contributed by atoms with Gasteiger partial charge in [-0.1, -0.05) is 53.6 Å². The van der Waals surface area contributed by atoms with E-state index in [0.29, 0.717) is 19.5 Å². The second-order valence-corrected chi connectivity index (χ2v) is 9.67. The standard InChI is InChI=1S/C19H17ClN2O2S2/c1-13-6-8-14(9-7-13)19-21-16-10-11-22(12-17(16)25-19)26(23,24)18-5-3-2-4-15(18)20/h2-9H,10-12H2,1H3. The maximum atomic E-state index is 13.0. The summed E-state index contributed by atoms with van der Waals surface area (Å²) in [5, 5.41) is 1.19. The lowest BCUT2D eigenvalue weighted by molar-refractivity contribution is 0.393. The van der Waals surface area contributed by atoms with Gasteiger partial charge in [0.05, 0.1) is 17.3 Å². The first-order valence-electron chi connectivity index (χ1n) is 8.25. The largest absolute Gasteiger partial charge is 0.244 e. The van der Waals surface area contributed by atoms with Gasteiger partial charge in [-0.2, -0.15) is 4.31 Å². The molecule has 1 aliphatic heterocycles. The number of fused-ring (bicyclic) bond motifs is 1. The van der Waals surface area contributed by atoms with Crippen LogP contribution in [0.5, 0.6) is 0 Å². The van der Waals surface area contributed by atoms with Crippen molar-refractivity contribution < 1.29 is 8.42 Å². The number of nitrogens with zero attached hydrogens (tertiary/aromatic N) is 2. The molecule has 0 saturated carbocycles. The summed E-state index contributed by atoms with van der Waals surface area (Å²) in [4.78, 5) is 5.89. The van der Waals surface area contributed by atoms with Crippen molar-refractivity contribution in [3.05, 3.63) is 69.7 Å². The predicted octanol–water partition coefficient (Wildman–Crippen LogP) is 4.52. The van der Waals surface area contributed by atoms with Crippen LogP contribution in [0.1, 0.15) is 16.1 Å². The van der Waals surface area contributed by atoms with Gasteiger partial charge in [-0.05, 0) is 19.1 Å². The summed E-state index contributed by atoms with van der Waals surface area (Å²) < 4.78 is 27.4. The summed E-state index contributed by atoms with van der Waals surface area (Å²) in [7, 11) is -3.62. The van der Waals surface area contributed by atoms with E-state index in [2.05, 4.69) is 24.3 Å². The van der Waals surface area contributed by atoms with E-state index < -0.39 is 10.0 Å². The number of aryl methyl sites for hydroxylation is 1. The number of hydrogen-bond donors (Lipinski definition) is 0. The van der Waals surface area contributed by atoms with Crippen LogP contribution in [0.25, 0.3) is 10.6 Å². The van der Waals surface area contributed by atoms with E-state index in [1.54, 1.807) is 35.6 Å². The quantitative estimate of drug-likeness (QED) is 0.644. The molecule has 4 nitrogen and oxygen atoms in total. The molecule has 0 atom stereocenters. The Bertz CT molecular complexity index is 1060. The summed E-state index contributed by atoms with van der Waals surface area (Å²) in [5.41, 5.74) is 3.26. The molecule has 0 fully saturated rings. The molecule has 0 aliphatic carbocycles. The molecule has 0 N–H and O–H groups in total. The van der Waals surface area contributed by atoms with Crippen molar-refractivity contribution in [2.45, 2.75) is 24.8 Å². The minimum absolute atomic E-state index is 0.161. The number of rotatable bonds is 3. The van der Waals surface area contributed by atoms with Gasteiger partial charge in [-0.3, -0.25) is 0 Å². The molecule has 1 aliphatic rings. The molecule has 0 spiro atoms. The van der Waals surface area contributed by atoms with Gasteiger partial charge >= 0.3 is 0 Å². The normalized spacial score (nSPS) is 15.0. The van der Waals surface area contributed by atoms with E-state index in [0.717, 1.165) is 21.1 Å². The van der Waals surface area contributed by atoms with E-state index in [1.165, 1.54) is 9.87 Å². The molecule has 0 saturated heterocycles. The van der Waals surface area contributed by atoms with Crippen molar-refractivity contribution in [3.63, 3.8) is 0 Å². The van der Waals surface area contributed by atoms with E-state index in [4.69, 9.17) is 16.6 Å². The summed E-state index contributed by atoms with van der Waals surface area (Å²) in [6.07, 6.45) is 0.612. The summed E-state index contributed by atoms with van der Waals surface area (Å²) >= 11 is 7.67. The Labute approximate surface area is 162 Å².